The van der Waals surface area contributed by atoms with Crippen molar-refractivity contribution in [2.24, 2.45) is 0 Å². The summed E-state index contributed by atoms with van der Waals surface area (Å²) >= 11 is 0. The highest BCUT2D eigenvalue weighted by molar-refractivity contribution is 5.92. The molecule has 2 aromatic heterocycles. The maximum Gasteiger partial charge on any atom is 0.288 e. The second-order valence-corrected chi connectivity index (χ2v) is 6.55. The number of hydrogen-bond donors (Lipinski definition) is 2. The first-order chi connectivity index (χ1) is 12.0. The van der Waals surface area contributed by atoms with Crippen molar-refractivity contribution in [2.75, 3.05) is 31.1 Å². The molecule has 4 rings (SSSR count). The van der Waals surface area contributed by atoms with Crippen LogP contribution < -0.4 is 10.5 Å². The zero-order chi connectivity index (χ0) is 17.6. The molecule has 1 saturated carbocycles. The number of piperazine rings is 1. The molecular formula is C16H19FN6O2. The van der Waals surface area contributed by atoms with Crippen molar-refractivity contribution in [3.05, 3.63) is 39.3 Å². The van der Waals surface area contributed by atoms with Crippen LogP contribution in [0.25, 0.3) is 0 Å². The molecular weight excluding hydrogens is 327 g/mol. The fourth-order valence-electron chi connectivity index (χ4n) is 3.04. The van der Waals surface area contributed by atoms with Gasteiger partial charge in [0.05, 0.1) is 5.69 Å². The molecule has 132 valence electrons. The van der Waals surface area contributed by atoms with Gasteiger partial charge in [-0.25, -0.2) is 4.98 Å². The van der Waals surface area contributed by atoms with Crippen molar-refractivity contribution in [3.63, 3.8) is 0 Å². The smallest absolute Gasteiger partial charge is 0.288 e. The fraction of sp³-hybridized carbons (Fsp3) is 0.500. The summed E-state index contributed by atoms with van der Waals surface area (Å²) in [4.78, 5) is 34.2. The van der Waals surface area contributed by atoms with Gasteiger partial charge in [-0.1, -0.05) is 0 Å². The summed E-state index contributed by atoms with van der Waals surface area (Å²) in [5.41, 5.74) is 0.775. The first-order valence-corrected chi connectivity index (χ1v) is 8.39. The Morgan fingerprint density at radius 3 is 2.64 bits per heavy atom. The number of nitrogens with zero attached hydrogens (tertiary/aromatic N) is 4. The Morgan fingerprint density at radius 2 is 2.00 bits per heavy atom. The maximum absolute atomic E-state index is 13.4. The van der Waals surface area contributed by atoms with Crippen LogP contribution in [0.2, 0.25) is 0 Å². The van der Waals surface area contributed by atoms with Crippen LogP contribution in [0, 0.1) is 12.7 Å². The Bertz CT molecular complexity index is 864. The van der Waals surface area contributed by atoms with E-state index in [4.69, 9.17) is 0 Å². The summed E-state index contributed by atoms with van der Waals surface area (Å²) in [6.45, 7) is 3.47. The summed E-state index contributed by atoms with van der Waals surface area (Å²) in [5, 5.41) is 7.08. The van der Waals surface area contributed by atoms with E-state index < -0.39 is 11.4 Å². The van der Waals surface area contributed by atoms with Crippen LogP contribution in [-0.4, -0.2) is 57.2 Å². The molecule has 2 aliphatic rings. The summed E-state index contributed by atoms with van der Waals surface area (Å²) in [5.74, 6) is -0.0931. The second-order valence-electron chi connectivity index (χ2n) is 6.55. The molecule has 1 amide bonds. The summed E-state index contributed by atoms with van der Waals surface area (Å²) in [7, 11) is 0. The molecule has 8 nitrogen and oxygen atoms in total. The average molecular weight is 346 g/mol. The molecule has 3 heterocycles. The number of aryl methyl sites for hydroxylation is 1. The molecule has 0 spiro atoms. The predicted molar refractivity (Wildman–Crippen MR) is 88.2 cm³/mol. The zero-order valence-corrected chi connectivity index (χ0v) is 13.9. The molecule has 9 heteroatoms. The minimum Gasteiger partial charge on any atom is -0.339 e. The SMILES string of the molecule is Cc1nc(N2CCN(C(=O)c3cc(C4CC4)[nH]n3)CC2)[nH]c(=O)c1F. The molecule has 1 aliphatic heterocycles. The number of hydrogen-bond acceptors (Lipinski definition) is 5. The van der Waals surface area contributed by atoms with Crippen LogP contribution in [0.3, 0.4) is 0 Å². The average Bonchev–Trinajstić information content (AvgIpc) is 3.36. The Labute approximate surface area is 143 Å². The third kappa shape index (κ3) is 3.01. The number of nitrogens with one attached hydrogen (secondary N) is 2. The molecule has 0 unspecified atom stereocenters. The van der Waals surface area contributed by atoms with Gasteiger partial charge < -0.3 is 9.80 Å². The number of rotatable bonds is 3. The normalized spacial score (nSPS) is 17.8. The van der Waals surface area contributed by atoms with Gasteiger partial charge in [0, 0.05) is 37.8 Å². The minimum atomic E-state index is -0.859. The molecule has 25 heavy (non-hydrogen) atoms. The van der Waals surface area contributed by atoms with Crippen molar-refractivity contribution < 1.29 is 9.18 Å². The Balaban J connectivity index is 1.42. The lowest BCUT2D eigenvalue weighted by molar-refractivity contribution is 0.0740. The lowest BCUT2D eigenvalue weighted by Gasteiger charge is -2.34. The Kier molecular flexibility index (Phi) is 3.78. The third-order valence-electron chi connectivity index (χ3n) is 4.72. The van der Waals surface area contributed by atoms with E-state index in [0.29, 0.717) is 43.7 Å². The maximum atomic E-state index is 13.4. The first-order valence-electron chi connectivity index (χ1n) is 8.39. The van der Waals surface area contributed by atoms with Crippen molar-refractivity contribution in [1.82, 2.24) is 25.1 Å². The van der Waals surface area contributed by atoms with Crippen molar-refractivity contribution in [3.8, 4) is 0 Å². The Morgan fingerprint density at radius 1 is 1.28 bits per heavy atom. The number of anilines is 1. The van der Waals surface area contributed by atoms with Gasteiger partial charge in [-0.2, -0.15) is 9.49 Å². The second kappa shape index (κ2) is 5.98. The topological polar surface area (TPSA) is 98.0 Å². The van der Waals surface area contributed by atoms with E-state index in [1.54, 1.807) is 4.90 Å². The van der Waals surface area contributed by atoms with Crippen LogP contribution in [0.15, 0.2) is 10.9 Å². The van der Waals surface area contributed by atoms with E-state index >= 15 is 0 Å². The third-order valence-corrected chi connectivity index (χ3v) is 4.72. The van der Waals surface area contributed by atoms with E-state index in [-0.39, 0.29) is 11.6 Å². The number of amides is 1. The molecule has 0 radical (unpaired) electrons. The minimum absolute atomic E-state index is 0.0707. The molecule has 0 atom stereocenters. The van der Waals surface area contributed by atoms with Crippen molar-refractivity contribution in [1.29, 1.82) is 0 Å². The van der Waals surface area contributed by atoms with E-state index in [2.05, 4.69) is 20.2 Å². The van der Waals surface area contributed by atoms with E-state index in [1.165, 1.54) is 6.92 Å². The van der Waals surface area contributed by atoms with Crippen molar-refractivity contribution >= 4 is 11.9 Å². The van der Waals surface area contributed by atoms with Crippen LogP contribution in [-0.2, 0) is 0 Å². The van der Waals surface area contributed by atoms with E-state index in [1.807, 2.05) is 11.0 Å². The quantitative estimate of drug-likeness (QED) is 0.856. The number of H-pyrrole nitrogens is 2. The molecule has 2 fully saturated rings. The largest absolute Gasteiger partial charge is 0.339 e. The van der Waals surface area contributed by atoms with Gasteiger partial charge in [0.2, 0.25) is 11.8 Å². The highest BCUT2D eigenvalue weighted by Gasteiger charge is 2.29. The van der Waals surface area contributed by atoms with E-state index in [0.717, 1.165) is 18.5 Å². The monoisotopic (exact) mass is 346 g/mol. The van der Waals surface area contributed by atoms with Crippen LogP contribution in [0.1, 0.15) is 40.6 Å². The zero-order valence-electron chi connectivity index (χ0n) is 13.9. The number of carbonyl (C=O) groups is 1. The first kappa shape index (κ1) is 15.8. The summed E-state index contributed by atoms with van der Waals surface area (Å²) in [6.07, 6.45) is 2.30. The van der Waals surface area contributed by atoms with Gasteiger partial charge in [-0.15, -0.1) is 0 Å². The fourth-order valence-corrected chi connectivity index (χ4v) is 3.04. The van der Waals surface area contributed by atoms with Crippen LogP contribution >= 0.6 is 0 Å². The van der Waals surface area contributed by atoms with E-state index in [9.17, 15) is 14.0 Å². The lowest BCUT2D eigenvalue weighted by Crippen LogP contribution is -2.49. The van der Waals surface area contributed by atoms with Gasteiger partial charge in [0.15, 0.2) is 0 Å². The molecule has 0 bridgehead atoms. The molecule has 1 aliphatic carbocycles. The van der Waals surface area contributed by atoms with Crippen LogP contribution in [0.5, 0.6) is 0 Å². The van der Waals surface area contributed by atoms with Gasteiger partial charge in [0.1, 0.15) is 5.69 Å². The summed E-state index contributed by atoms with van der Waals surface area (Å²) in [6, 6.07) is 1.84. The van der Waals surface area contributed by atoms with Crippen LogP contribution in [0.4, 0.5) is 10.3 Å². The number of halogens is 1. The highest BCUT2D eigenvalue weighted by Crippen LogP contribution is 2.39. The lowest BCUT2D eigenvalue weighted by atomic mass is 10.2. The number of aromatic nitrogens is 4. The molecule has 1 saturated heterocycles. The van der Waals surface area contributed by atoms with Crippen molar-refractivity contribution in [2.45, 2.75) is 25.7 Å². The van der Waals surface area contributed by atoms with Gasteiger partial charge in [0.25, 0.3) is 11.5 Å². The van der Waals surface area contributed by atoms with Gasteiger partial charge in [-0.05, 0) is 25.8 Å². The number of carbonyl (C=O) groups excluding carboxylic acids is 1. The van der Waals surface area contributed by atoms with Gasteiger partial charge in [-0.3, -0.25) is 19.7 Å². The summed E-state index contributed by atoms with van der Waals surface area (Å²) < 4.78 is 13.4. The predicted octanol–water partition coefficient (Wildman–Crippen LogP) is 0.780. The molecule has 0 aromatic carbocycles. The standard InChI is InChI=1S/C16H19FN6O2/c1-9-13(17)14(24)19-16(18-9)23-6-4-22(5-7-23)15(25)12-8-11(20-21-12)10-2-3-10/h8,10H,2-7H2,1H3,(H,20,21)(H,18,19,24). The molecule has 2 aromatic rings. The number of aromatic amines is 2. The highest BCUT2D eigenvalue weighted by atomic mass is 19.1. The van der Waals surface area contributed by atoms with Gasteiger partial charge >= 0.3 is 0 Å². The Hall–Kier alpha value is -2.71. The molecule has 2 N–H and O–H groups in total.